The van der Waals surface area contributed by atoms with Gasteiger partial charge in [-0.05, 0) is 25.2 Å². The van der Waals surface area contributed by atoms with E-state index < -0.39 is 0 Å². The summed E-state index contributed by atoms with van der Waals surface area (Å²) in [4.78, 5) is 9.34. The highest BCUT2D eigenvalue weighted by atomic mass is 15.1. The molecule has 21 heavy (non-hydrogen) atoms. The minimum atomic E-state index is 0.291. The lowest BCUT2D eigenvalue weighted by Gasteiger charge is -2.28. The highest BCUT2D eigenvalue weighted by Crippen LogP contribution is 2.27. The van der Waals surface area contributed by atoms with Crippen LogP contribution in [0.1, 0.15) is 65.8 Å². The molecule has 0 aliphatic heterocycles. The van der Waals surface area contributed by atoms with E-state index in [9.17, 15) is 0 Å². The summed E-state index contributed by atoms with van der Waals surface area (Å²) in [5.41, 5.74) is 1.39. The third kappa shape index (κ3) is 4.87. The average molecular weight is 292 g/mol. The Morgan fingerprint density at radius 1 is 1.00 bits per heavy atom. The molecule has 120 valence electrons. The lowest BCUT2D eigenvalue weighted by atomic mass is 9.82. The second kappa shape index (κ2) is 7.10. The van der Waals surface area contributed by atoms with Crippen molar-refractivity contribution in [3.63, 3.8) is 0 Å². The quantitative estimate of drug-likeness (QED) is 0.814. The lowest BCUT2D eigenvalue weighted by Crippen LogP contribution is -2.25. The summed E-state index contributed by atoms with van der Waals surface area (Å²) in [5.74, 6) is 3.69. The molecule has 1 heterocycles. The number of anilines is 2. The summed E-state index contributed by atoms with van der Waals surface area (Å²) < 4.78 is 0. The van der Waals surface area contributed by atoms with Crippen molar-refractivity contribution < 1.29 is 0 Å². The second-order valence-electron chi connectivity index (χ2n) is 7.24. The Labute approximate surface area is 130 Å². The van der Waals surface area contributed by atoms with Gasteiger partial charge in [0.1, 0.15) is 17.5 Å². The van der Waals surface area contributed by atoms with Crippen LogP contribution in [-0.4, -0.2) is 23.1 Å². The van der Waals surface area contributed by atoms with Gasteiger partial charge in [-0.15, -0.1) is 0 Å². The largest absolute Gasteiger partial charge is 0.370 e. The van der Waals surface area contributed by atoms with Crippen molar-refractivity contribution in [2.24, 2.45) is 11.3 Å². The van der Waals surface area contributed by atoms with Gasteiger partial charge in [0.05, 0.1) is 0 Å². The van der Waals surface area contributed by atoms with Crippen LogP contribution in [0.3, 0.4) is 0 Å². The molecule has 0 spiro atoms. The van der Waals surface area contributed by atoms with Crippen LogP contribution >= 0.6 is 0 Å². The van der Waals surface area contributed by atoms with E-state index in [1.165, 1.54) is 0 Å². The summed E-state index contributed by atoms with van der Waals surface area (Å²) in [6.45, 7) is 19.3. The first-order valence-corrected chi connectivity index (χ1v) is 8.03. The number of rotatable bonds is 6. The van der Waals surface area contributed by atoms with Gasteiger partial charge in [0.25, 0.3) is 0 Å². The van der Waals surface area contributed by atoms with Crippen LogP contribution in [0.25, 0.3) is 0 Å². The SMILES string of the molecule is CCNc1nc(C(C)C)nc(NCC(C)C(C)(C)C)c1C. The van der Waals surface area contributed by atoms with Crippen molar-refractivity contribution in [1.82, 2.24) is 9.97 Å². The molecule has 0 saturated heterocycles. The fraction of sp³-hybridized carbons (Fsp3) is 0.765. The zero-order valence-electron chi connectivity index (χ0n) is 15.0. The van der Waals surface area contributed by atoms with Gasteiger partial charge in [0.2, 0.25) is 0 Å². The van der Waals surface area contributed by atoms with E-state index in [2.05, 4.69) is 71.0 Å². The summed E-state index contributed by atoms with van der Waals surface area (Å²) in [6, 6.07) is 0. The molecule has 1 rings (SSSR count). The summed E-state index contributed by atoms with van der Waals surface area (Å²) in [6.07, 6.45) is 0. The second-order valence-corrected chi connectivity index (χ2v) is 7.24. The molecule has 0 bridgehead atoms. The first kappa shape index (κ1) is 17.7. The van der Waals surface area contributed by atoms with Crippen LogP contribution in [0.2, 0.25) is 0 Å². The first-order valence-electron chi connectivity index (χ1n) is 8.03. The molecular formula is C17H32N4. The molecule has 2 N–H and O–H groups in total. The number of nitrogens with zero attached hydrogens (tertiary/aromatic N) is 2. The summed E-state index contributed by atoms with van der Waals surface area (Å²) in [7, 11) is 0. The number of aromatic nitrogens is 2. The average Bonchev–Trinajstić information content (AvgIpc) is 2.38. The first-order chi connectivity index (χ1) is 9.66. The maximum atomic E-state index is 4.71. The standard InChI is InChI=1S/C17H32N4/c1-9-18-15-13(5)16(21-14(20-15)11(2)3)19-10-12(4)17(6,7)8/h11-12H,9-10H2,1-8H3,(H2,18,19,20,21). The van der Waals surface area contributed by atoms with Gasteiger partial charge in [0.15, 0.2) is 0 Å². The van der Waals surface area contributed by atoms with Gasteiger partial charge in [-0.25, -0.2) is 9.97 Å². The Morgan fingerprint density at radius 2 is 1.52 bits per heavy atom. The number of nitrogens with one attached hydrogen (secondary N) is 2. The molecule has 0 radical (unpaired) electrons. The van der Waals surface area contributed by atoms with E-state index in [4.69, 9.17) is 4.98 Å². The third-order valence-corrected chi connectivity index (χ3v) is 4.08. The van der Waals surface area contributed by atoms with E-state index in [0.29, 0.717) is 17.3 Å². The van der Waals surface area contributed by atoms with E-state index in [0.717, 1.165) is 36.1 Å². The molecule has 1 atom stereocenters. The Morgan fingerprint density at radius 3 is 1.95 bits per heavy atom. The zero-order valence-corrected chi connectivity index (χ0v) is 15.0. The number of hydrogen-bond acceptors (Lipinski definition) is 4. The van der Waals surface area contributed by atoms with Gasteiger partial charge >= 0.3 is 0 Å². The van der Waals surface area contributed by atoms with Crippen LogP contribution in [0, 0.1) is 18.3 Å². The Kier molecular flexibility index (Phi) is 5.99. The molecule has 0 saturated carbocycles. The molecule has 1 aromatic rings. The zero-order chi connectivity index (χ0) is 16.2. The maximum Gasteiger partial charge on any atom is 0.135 e. The fourth-order valence-corrected chi connectivity index (χ4v) is 1.86. The molecule has 0 amide bonds. The van der Waals surface area contributed by atoms with Gasteiger partial charge in [-0.2, -0.15) is 0 Å². The molecule has 0 aliphatic rings. The van der Waals surface area contributed by atoms with Crippen LogP contribution in [0.15, 0.2) is 0 Å². The highest BCUT2D eigenvalue weighted by Gasteiger charge is 2.20. The topological polar surface area (TPSA) is 49.8 Å². The minimum Gasteiger partial charge on any atom is -0.370 e. The molecule has 0 aliphatic carbocycles. The van der Waals surface area contributed by atoms with Crippen molar-refractivity contribution >= 4 is 11.6 Å². The van der Waals surface area contributed by atoms with E-state index >= 15 is 0 Å². The Hall–Kier alpha value is -1.32. The van der Waals surface area contributed by atoms with E-state index in [1.807, 2.05) is 0 Å². The van der Waals surface area contributed by atoms with Gasteiger partial charge in [-0.1, -0.05) is 41.5 Å². The molecule has 0 aromatic carbocycles. The smallest absolute Gasteiger partial charge is 0.135 e. The number of hydrogen-bond donors (Lipinski definition) is 2. The lowest BCUT2D eigenvalue weighted by molar-refractivity contribution is 0.274. The Balaban J connectivity index is 2.99. The van der Waals surface area contributed by atoms with Crippen molar-refractivity contribution in [1.29, 1.82) is 0 Å². The van der Waals surface area contributed by atoms with Crippen molar-refractivity contribution in [2.75, 3.05) is 23.7 Å². The van der Waals surface area contributed by atoms with Crippen LogP contribution in [0.4, 0.5) is 11.6 Å². The van der Waals surface area contributed by atoms with Crippen LogP contribution in [0.5, 0.6) is 0 Å². The summed E-state index contributed by atoms with van der Waals surface area (Å²) >= 11 is 0. The van der Waals surface area contributed by atoms with E-state index in [-0.39, 0.29) is 0 Å². The van der Waals surface area contributed by atoms with Crippen molar-refractivity contribution in [3.8, 4) is 0 Å². The Bertz CT molecular complexity index is 461. The third-order valence-electron chi connectivity index (χ3n) is 4.08. The van der Waals surface area contributed by atoms with Gasteiger partial charge in [-0.3, -0.25) is 0 Å². The van der Waals surface area contributed by atoms with Gasteiger partial charge in [0, 0.05) is 24.6 Å². The predicted octanol–water partition coefficient (Wildman–Crippen LogP) is 4.43. The monoisotopic (exact) mass is 292 g/mol. The molecule has 1 unspecified atom stereocenters. The fourth-order valence-electron chi connectivity index (χ4n) is 1.86. The van der Waals surface area contributed by atoms with E-state index in [1.54, 1.807) is 0 Å². The van der Waals surface area contributed by atoms with Crippen LogP contribution in [-0.2, 0) is 0 Å². The van der Waals surface area contributed by atoms with Crippen molar-refractivity contribution in [3.05, 3.63) is 11.4 Å². The van der Waals surface area contributed by atoms with Gasteiger partial charge < -0.3 is 10.6 Å². The molecular weight excluding hydrogens is 260 g/mol. The molecule has 4 heteroatoms. The van der Waals surface area contributed by atoms with Crippen LogP contribution < -0.4 is 10.6 Å². The van der Waals surface area contributed by atoms with Crippen molar-refractivity contribution in [2.45, 2.75) is 61.3 Å². The molecule has 0 fully saturated rings. The molecule has 4 nitrogen and oxygen atoms in total. The predicted molar refractivity (Wildman–Crippen MR) is 92.1 cm³/mol. The summed E-state index contributed by atoms with van der Waals surface area (Å²) in [5, 5.41) is 6.86. The normalized spacial score (nSPS) is 13.4. The highest BCUT2D eigenvalue weighted by molar-refractivity contribution is 5.57. The minimum absolute atomic E-state index is 0.291. The molecule has 1 aromatic heterocycles. The maximum absolute atomic E-state index is 4.71.